The number of hydrogen-bond donors (Lipinski definition) is 2. The molecule has 2 aromatic rings. The lowest BCUT2D eigenvalue weighted by atomic mass is 9.83. The molecule has 0 heterocycles. The Balaban J connectivity index is 1.74. The van der Waals surface area contributed by atoms with E-state index in [0.29, 0.717) is 5.92 Å². The minimum atomic E-state index is -0.649. The molecule has 0 aliphatic heterocycles. The van der Waals surface area contributed by atoms with Crippen molar-refractivity contribution in [3.05, 3.63) is 48.0 Å². The van der Waals surface area contributed by atoms with Crippen molar-refractivity contribution in [1.82, 2.24) is 5.32 Å². The Hall–Kier alpha value is -1.91. The number of nitrogens with one attached hydrogen (secondary N) is 1. The van der Waals surface area contributed by atoms with Crippen molar-refractivity contribution < 1.29 is 9.53 Å². The number of rotatable bonds is 7. The first-order valence-corrected chi connectivity index (χ1v) is 11.5. The minimum Gasteiger partial charge on any atom is -0.361 e. The van der Waals surface area contributed by atoms with Gasteiger partial charge in [-0.2, -0.15) is 0 Å². The lowest BCUT2D eigenvalue weighted by Crippen LogP contribution is -2.52. The van der Waals surface area contributed by atoms with E-state index in [-0.39, 0.29) is 18.0 Å². The summed E-state index contributed by atoms with van der Waals surface area (Å²) < 4.78 is 6.19. The first kappa shape index (κ1) is 22.8. The number of nitrogens with two attached hydrogens (primary N) is 1. The predicted molar refractivity (Wildman–Crippen MR) is 124 cm³/mol. The van der Waals surface area contributed by atoms with Gasteiger partial charge in [0.2, 0.25) is 0 Å². The van der Waals surface area contributed by atoms with Crippen LogP contribution in [-0.4, -0.2) is 23.7 Å². The highest BCUT2D eigenvalue weighted by atomic mass is 16.5. The Kier molecular flexibility index (Phi) is 7.54. The smallest absolute Gasteiger partial charge is 0.251 e. The number of ether oxygens (including phenoxy) is 1. The SMILES string of the molecule is CC(NC(=O)C(OC(C)(C)C)[C@H](N)CC1CCCCC1)c1cccc2ccccc12. The van der Waals surface area contributed by atoms with Crippen LogP contribution in [0.1, 0.15) is 77.8 Å². The van der Waals surface area contributed by atoms with Crippen LogP contribution in [0.3, 0.4) is 0 Å². The fourth-order valence-corrected chi connectivity index (χ4v) is 4.65. The van der Waals surface area contributed by atoms with Gasteiger partial charge in [0.15, 0.2) is 6.10 Å². The zero-order valence-electron chi connectivity index (χ0n) is 19.0. The Morgan fingerprint density at radius 3 is 2.47 bits per heavy atom. The third-order valence-electron chi connectivity index (χ3n) is 6.11. The van der Waals surface area contributed by atoms with E-state index in [1.807, 2.05) is 45.9 Å². The van der Waals surface area contributed by atoms with Gasteiger partial charge in [-0.3, -0.25) is 4.79 Å². The van der Waals surface area contributed by atoms with E-state index in [2.05, 4.69) is 29.6 Å². The van der Waals surface area contributed by atoms with Gasteiger partial charge in [-0.05, 0) is 56.4 Å². The second kappa shape index (κ2) is 9.93. The monoisotopic (exact) mass is 410 g/mol. The van der Waals surface area contributed by atoms with E-state index in [4.69, 9.17) is 10.5 Å². The zero-order chi connectivity index (χ0) is 21.7. The van der Waals surface area contributed by atoms with Crippen LogP contribution in [0.4, 0.5) is 0 Å². The van der Waals surface area contributed by atoms with Gasteiger partial charge >= 0.3 is 0 Å². The fraction of sp³-hybridized carbons (Fsp3) is 0.577. The lowest BCUT2D eigenvalue weighted by molar-refractivity contribution is -0.146. The number of carbonyl (C=O) groups excluding carboxylic acids is 1. The summed E-state index contributed by atoms with van der Waals surface area (Å²) in [5.74, 6) is 0.483. The van der Waals surface area contributed by atoms with Gasteiger partial charge in [0.1, 0.15) is 0 Å². The summed E-state index contributed by atoms with van der Waals surface area (Å²) in [4.78, 5) is 13.3. The molecule has 2 aromatic carbocycles. The molecule has 0 saturated heterocycles. The van der Waals surface area contributed by atoms with Gasteiger partial charge in [-0.1, -0.05) is 74.6 Å². The lowest BCUT2D eigenvalue weighted by Gasteiger charge is -2.33. The van der Waals surface area contributed by atoms with Crippen LogP contribution in [0.25, 0.3) is 10.8 Å². The summed E-state index contributed by atoms with van der Waals surface area (Å²) >= 11 is 0. The van der Waals surface area contributed by atoms with E-state index in [1.165, 1.54) is 37.5 Å². The van der Waals surface area contributed by atoms with Crippen molar-refractivity contribution in [2.75, 3.05) is 0 Å². The van der Waals surface area contributed by atoms with Crippen LogP contribution in [0.5, 0.6) is 0 Å². The zero-order valence-corrected chi connectivity index (χ0v) is 19.0. The number of benzene rings is 2. The molecule has 164 valence electrons. The van der Waals surface area contributed by atoms with E-state index in [1.54, 1.807) is 0 Å². The molecule has 4 heteroatoms. The van der Waals surface area contributed by atoms with Gasteiger partial charge < -0.3 is 15.8 Å². The molecule has 0 radical (unpaired) electrons. The molecule has 3 atom stereocenters. The van der Waals surface area contributed by atoms with Gasteiger partial charge in [0.05, 0.1) is 11.6 Å². The maximum atomic E-state index is 13.3. The van der Waals surface area contributed by atoms with Crippen molar-refractivity contribution in [2.24, 2.45) is 11.7 Å². The number of hydrogen-bond acceptors (Lipinski definition) is 3. The number of amides is 1. The molecule has 3 N–H and O–H groups in total. The van der Waals surface area contributed by atoms with E-state index >= 15 is 0 Å². The highest BCUT2D eigenvalue weighted by Crippen LogP contribution is 2.29. The summed E-state index contributed by atoms with van der Waals surface area (Å²) in [6.45, 7) is 7.97. The molecule has 1 amide bonds. The first-order chi connectivity index (χ1) is 14.2. The van der Waals surface area contributed by atoms with Crippen molar-refractivity contribution in [3.63, 3.8) is 0 Å². The van der Waals surface area contributed by atoms with E-state index < -0.39 is 11.7 Å². The molecular formula is C26H38N2O2. The Labute approximate surface area is 181 Å². The topological polar surface area (TPSA) is 64.3 Å². The minimum absolute atomic E-state index is 0.117. The molecule has 0 aromatic heterocycles. The summed E-state index contributed by atoms with van der Waals surface area (Å²) in [5, 5.41) is 5.52. The van der Waals surface area contributed by atoms with Crippen LogP contribution in [0, 0.1) is 5.92 Å². The van der Waals surface area contributed by atoms with E-state index in [0.717, 1.165) is 17.4 Å². The molecule has 1 fully saturated rings. The second-order valence-electron chi connectivity index (χ2n) is 9.85. The van der Waals surface area contributed by atoms with Gasteiger partial charge in [-0.25, -0.2) is 0 Å². The highest BCUT2D eigenvalue weighted by Gasteiger charge is 2.33. The van der Waals surface area contributed by atoms with Gasteiger partial charge in [0.25, 0.3) is 5.91 Å². The second-order valence-corrected chi connectivity index (χ2v) is 9.85. The largest absolute Gasteiger partial charge is 0.361 e. The number of fused-ring (bicyclic) bond motifs is 1. The average Bonchev–Trinajstić information content (AvgIpc) is 2.71. The summed E-state index contributed by atoms with van der Waals surface area (Å²) in [5.41, 5.74) is 7.25. The first-order valence-electron chi connectivity index (χ1n) is 11.5. The van der Waals surface area contributed by atoms with Gasteiger partial charge in [0, 0.05) is 6.04 Å². The third kappa shape index (κ3) is 6.05. The molecule has 0 spiro atoms. The normalized spacial score (nSPS) is 18.7. The molecule has 1 aliphatic rings. The maximum Gasteiger partial charge on any atom is 0.251 e. The summed E-state index contributed by atoms with van der Waals surface area (Å²) in [6.07, 6.45) is 6.48. The number of carbonyl (C=O) groups is 1. The van der Waals surface area contributed by atoms with Crippen LogP contribution in [0.15, 0.2) is 42.5 Å². The molecule has 4 nitrogen and oxygen atoms in total. The molecular weight excluding hydrogens is 372 g/mol. The molecule has 1 saturated carbocycles. The van der Waals surface area contributed by atoms with Crippen LogP contribution in [-0.2, 0) is 9.53 Å². The Bertz CT molecular complexity index is 831. The highest BCUT2D eigenvalue weighted by molar-refractivity contribution is 5.87. The van der Waals surface area contributed by atoms with Crippen LogP contribution < -0.4 is 11.1 Å². The van der Waals surface area contributed by atoms with Crippen molar-refractivity contribution in [3.8, 4) is 0 Å². The van der Waals surface area contributed by atoms with Crippen molar-refractivity contribution >= 4 is 16.7 Å². The van der Waals surface area contributed by atoms with Crippen molar-refractivity contribution in [1.29, 1.82) is 0 Å². The third-order valence-corrected chi connectivity index (χ3v) is 6.11. The molecule has 30 heavy (non-hydrogen) atoms. The molecule has 2 unspecified atom stereocenters. The van der Waals surface area contributed by atoms with Crippen molar-refractivity contribution in [2.45, 2.75) is 90.0 Å². The average molecular weight is 411 g/mol. The van der Waals surface area contributed by atoms with Crippen LogP contribution in [0.2, 0.25) is 0 Å². The van der Waals surface area contributed by atoms with Gasteiger partial charge in [-0.15, -0.1) is 0 Å². The summed E-state index contributed by atoms with van der Waals surface area (Å²) in [6, 6.07) is 14.1. The molecule has 0 bridgehead atoms. The maximum absolute atomic E-state index is 13.3. The van der Waals surface area contributed by atoms with E-state index in [9.17, 15) is 4.79 Å². The standard InChI is InChI=1S/C26H38N2O2/c1-18(21-16-10-14-20-13-8-9-15-22(20)21)28-25(29)24(30-26(2,3)4)23(27)17-19-11-6-5-7-12-19/h8-10,13-16,18-19,23-24H,5-7,11-12,17,27H2,1-4H3,(H,28,29)/t18?,23-,24?/m1/s1. The molecule has 3 rings (SSSR count). The van der Waals surface area contributed by atoms with Crippen LogP contribution >= 0.6 is 0 Å². The fourth-order valence-electron chi connectivity index (χ4n) is 4.65. The quantitative estimate of drug-likeness (QED) is 0.633. The Morgan fingerprint density at radius 1 is 1.10 bits per heavy atom. The Morgan fingerprint density at radius 2 is 1.77 bits per heavy atom. The summed E-state index contributed by atoms with van der Waals surface area (Å²) in [7, 11) is 0. The molecule has 1 aliphatic carbocycles. The predicted octanol–water partition coefficient (Wildman–Crippen LogP) is 5.50.